The Morgan fingerprint density at radius 1 is 1.12 bits per heavy atom. The molecule has 1 unspecified atom stereocenters. The number of likely N-dealkylation sites (N-methyl/N-ethyl adjacent to an activating group) is 1. The van der Waals surface area contributed by atoms with E-state index in [1.54, 1.807) is 0 Å². The van der Waals surface area contributed by atoms with Gasteiger partial charge in [-0.3, -0.25) is 9.69 Å². The van der Waals surface area contributed by atoms with Gasteiger partial charge in [0, 0.05) is 51.0 Å². The number of carbonyl (C=O) groups is 1. The first-order valence-corrected chi connectivity index (χ1v) is 9.15. The number of rotatable bonds is 5. The zero-order valence-electron chi connectivity index (χ0n) is 15.0. The lowest BCUT2D eigenvalue weighted by atomic mass is 10.2. The number of hydrogen-bond acceptors (Lipinski definition) is 4. The van der Waals surface area contributed by atoms with Crippen LogP contribution in [0.1, 0.15) is 25.3 Å². The molecule has 0 bridgehead atoms. The van der Waals surface area contributed by atoms with Gasteiger partial charge in [-0.05, 0) is 44.5 Å². The summed E-state index contributed by atoms with van der Waals surface area (Å²) in [7, 11) is 2.14. The lowest BCUT2D eigenvalue weighted by molar-refractivity contribution is -0.123. The van der Waals surface area contributed by atoms with Gasteiger partial charge in [0.2, 0.25) is 5.91 Å². The van der Waals surface area contributed by atoms with E-state index in [4.69, 9.17) is 0 Å². The molecule has 3 rings (SSSR count). The van der Waals surface area contributed by atoms with Gasteiger partial charge in [0.15, 0.2) is 0 Å². The maximum absolute atomic E-state index is 12.2. The number of piperazine rings is 1. The van der Waals surface area contributed by atoms with E-state index < -0.39 is 0 Å². The third kappa shape index (κ3) is 4.48. The molecule has 5 nitrogen and oxygen atoms in total. The number of carbonyl (C=O) groups excluding carboxylic acids is 1. The molecule has 2 aliphatic heterocycles. The van der Waals surface area contributed by atoms with Gasteiger partial charge < -0.3 is 15.1 Å². The van der Waals surface area contributed by atoms with Gasteiger partial charge in [-0.2, -0.15) is 0 Å². The van der Waals surface area contributed by atoms with Crippen LogP contribution in [0.4, 0.5) is 5.69 Å². The van der Waals surface area contributed by atoms with Crippen LogP contribution in [0.15, 0.2) is 24.3 Å². The smallest absolute Gasteiger partial charge is 0.234 e. The largest absolute Gasteiger partial charge is 0.372 e. The van der Waals surface area contributed by atoms with Crippen LogP contribution < -0.4 is 10.2 Å². The van der Waals surface area contributed by atoms with E-state index in [2.05, 4.69) is 58.3 Å². The molecule has 0 spiro atoms. The Hall–Kier alpha value is -1.59. The standard InChI is InChI=1S/C19H30N4O/c1-16-14-21(2)11-12-23(16)15-19(24)20-13-17-5-7-18(8-6-17)22-9-3-4-10-22/h5-8,16H,3-4,9-15H2,1-2H3,(H,20,24). The molecule has 1 amide bonds. The average molecular weight is 330 g/mol. The molecule has 0 aliphatic carbocycles. The molecule has 1 N–H and O–H groups in total. The van der Waals surface area contributed by atoms with E-state index in [0.717, 1.165) is 25.2 Å². The fourth-order valence-corrected chi connectivity index (χ4v) is 3.65. The van der Waals surface area contributed by atoms with Crippen LogP contribution in [-0.2, 0) is 11.3 Å². The Kier molecular flexibility index (Phi) is 5.74. The first-order chi connectivity index (χ1) is 11.6. The van der Waals surface area contributed by atoms with Crippen molar-refractivity contribution in [3.8, 4) is 0 Å². The Labute approximate surface area is 145 Å². The maximum atomic E-state index is 12.2. The average Bonchev–Trinajstić information content (AvgIpc) is 3.11. The monoisotopic (exact) mass is 330 g/mol. The number of amides is 1. The highest BCUT2D eigenvalue weighted by Gasteiger charge is 2.23. The first-order valence-electron chi connectivity index (χ1n) is 9.15. The summed E-state index contributed by atoms with van der Waals surface area (Å²) in [6.07, 6.45) is 2.59. The van der Waals surface area contributed by atoms with Crippen LogP contribution >= 0.6 is 0 Å². The number of anilines is 1. The zero-order valence-corrected chi connectivity index (χ0v) is 15.0. The fourth-order valence-electron chi connectivity index (χ4n) is 3.65. The topological polar surface area (TPSA) is 38.8 Å². The van der Waals surface area contributed by atoms with Gasteiger partial charge in [0.05, 0.1) is 6.54 Å². The summed E-state index contributed by atoms with van der Waals surface area (Å²) >= 11 is 0. The first kappa shape index (κ1) is 17.2. The highest BCUT2D eigenvalue weighted by Crippen LogP contribution is 2.20. The summed E-state index contributed by atoms with van der Waals surface area (Å²) in [4.78, 5) is 19.2. The highest BCUT2D eigenvalue weighted by atomic mass is 16.2. The van der Waals surface area contributed by atoms with Crippen molar-refractivity contribution in [2.75, 3.05) is 51.2 Å². The second-order valence-corrected chi connectivity index (χ2v) is 7.22. The molecule has 132 valence electrons. The summed E-state index contributed by atoms with van der Waals surface area (Å²) < 4.78 is 0. The van der Waals surface area contributed by atoms with Crippen LogP contribution in [0.5, 0.6) is 0 Å². The Morgan fingerprint density at radius 3 is 2.50 bits per heavy atom. The summed E-state index contributed by atoms with van der Waals surface area (Å²) in [5, 5.41) is 3.06. The molecule has 1 atom stereocenters. The predicted octanol–water partition coefficient (Wildman–Crippen LogP) is 1.54. The summed E-state index contributed by atoms with van der Waals surface area (Å²) in [5.41, 5.74) is 2.46. The lowest BCUT2D eigenvalue weighted by Gasteiger charge is -2.37. The third-order valence-corrected chi connectivity index (χ3v) is 5.21. The van der Waals surface area contributed by atoms with Crippen molar-refractivity contribution in [2.45, 2.75) is 32.4 Å². The quantitative estimate of drug-likeness (QED) is 0.889. The van der Waals surface area contributed by atoms with Crippen molar-refractivity contribution in [3.05, 3.63) is 29.8 Å². The van der Waals surface area contributed by atoms with Gasteiger partial charge in [-0.15, -0.1) is 0 Å². The third-order valence-electron chi connectivity index (χ3n) is 5.21. The van der Waals surface area contributed by atoms with E-state index in [1.807, 2.05) is 0 Å². The Balaban J connectivity index is 1.44. The molecule has 1 aromatic carbocycles. The molecule has 0 saturated carbocycles. The van der Waals surface area contributed by atoms with Gasteiger partial charge >= 0.3 is 0 Å². The molecule has 2 saturated heterocycles. The Bertz CT molecular complexity index is 539. The molecule has 2 heterocycles. The van der Waals surface area contributed by atoms with Crippen LogP contribution in [0, 0.1) is 0 Å². The minimum atomic E-state index is 0.120. The number of nitrogens with one attached hydrogen (secondary N) is 1. The van der Waals surface area contributed by atoms with Crippen molar-refractivity contribution in [1.82, 2.24) is 15.1 Å². The lowest BCUT2D eigenvalue weighted by Crippen LogP contribution is -2.53. The number of hydrogen-bond donors (Lipinski definition) is 1. The molecular weight excluding hydrogens is 300 g/mol. The molecule has 24 heavy (non-hydrogen) atoms. The molecule has 0 aromatic heterocycles. The van der Waals surface area contributed by atoms with Gasteiger partial charge in [0.25, 0.3) is 0 Å². The molecule has 2 fully saturated rings. The van der Waals surface area contributed by atoms with Crippen LogP contribution in [0.2, 0.25) is 0 Å². The van der Waals surface area contributed by atoms with E-state index in [9.17, 15) is 4.79 Å². The second-order valence-electron chi connectivity index (χ2n) is 7.22. The van der Waals surface area contributed by atoms with E-state index in [1.165, 1.54) is 31.6 Å². The van der Waals surface area contributed by atoms with Crippen molar-refractivity contribution in [2.24, 2.45) is 0 Å². The highest BCUT2D eigenvalue weighted by molar-refractivity contribution is 5.78. The molecule has 1 aromatic rings. The number of benzene rings is 1. The minimum Gasteiger partial charge on any atom is -0.372 e. The van der Waals surface area contributed by atoms with Crippen molar-refractivity contribution < 1.29 is 4.79 Å². The van der Waals surface area contributed by atoms with Gasteiger partial charge in [-0.25, -0.2) is 0 Å². The van der Waals surface area contributed by atoms with Crippen LogP contribution in [0.3, 0.4) is 0 Å². The summed E-state index contributed by atoms with van der Waals surface area (Å²) in [6, 6.07) is 9.05. The molecule has 2 aliphatic rings. The normalized spacial score (nSPS) is 22.8. The van der Waals surface area contributed by atoms with E-state index in [-0.39, 0.29) is 5.91 Å². The van der Waals surface area contributed by atoms with Gasteiger partial charge in [0.1, 0.15) is 0 Å². The maximum Gasteiger partial charge on any atom is 0.234 e. The summed E-state index contributed by atoms with van der Waals surface area (Å²) in [5.74, 6) is 0.120. The molecule has 0 radical (unpaired) electrons. The van der Waals surface area contributed by atoms with E-state index >= 15 is 0 Å². The van der Waals surface area contributed by atoms with Gasteiger partial charge in [-0.1, -0.05) is 12.1 Å². The van der Waals surface area contributed by atoms with Crippen molar-refractivity contribution in [3.63, 3.8) is 0 Å². The Morgan fingerprint density at radius 2 is 1.83 bits per heavy atom. The SMILES string of the molecule is CC1CN(C)CCN1CC(=O)NCc1ccc(N2CCCC2)cc1. The van der Waals surface area contributed by atoms with Crippen LogP contribution in [0.25, 0.3) is 0 Å². The summed E-state index contributed by atoms with van der Waals surface area (Å²) in [6.45, 7) is 8.68. The zero-order chi connectivity index (χ0) is 16.9. The van der Waals surface area contributed by atoms with Crippen molar-refractivity contribution >= 4 is 11.6 Å². The number of nitrogens with zero attached hydrogens (tertiary/aromatic N) is 3. The van der Waals surface area contributed by atoms with Crippen LogP contribution in [-0.4, -0.2) is 68.1 Å². The fraction of sp³-hybridized carbons (Fsp3) is 0.632. The second kappa shape index (κ2) is 7.99. The predicted molar refractivity (Wildman–Crippen MR) is 98.3 cm³/mol. The molecular formula is C19H30N4O. The van der Waals surface area contributed by atoms with E-state index in [0.29, 0.717) is 19.1 Å². The minimum absolute atomic E-state index is 0.120. The van der Waals surface area contributed by atoms with Crippen molar-refractivity contribution in [1.29, 1.82) is 0 Å². The molecule has 5 heteroatoms.